The molecule has 0 amide bonds. The molecule has 35 heavy (non-hydrogen) atoms. The zero-order chi connectivity index (χ0) is 24.8. The first-order valence-corrected chi connectivity index (χ1v) is 10.8. The Morgan fingerprint density at radius 2 is 1.03 bits per heavy atom. The second kappa shape index (κ2) is 12.3. The van der Waals surface area contributed by atoms with Crippen molar-refractivity contribution in [2.75, 3.05) is 14.2 Å². The number of methoxy groups -OCH3 is 2. The second-order valence-corrected chi connectivity index (χ2v) is 7.95. The zero-order valence-corrected chi connectivity index (χ0v) is 23.2. The van der Waals surface area contributed by atoms with Crippen LogP contribution in [0.1, 0.15) is 36.8 Å². The summed E-state index contributed by atoms with van der Waals surface area (Å²) in [6.07, 6.45) is 0. The van der Waals surface area contributed by atoms with Crippen LogP contribution >= 0.6 is 0 Å². The van der Waals surface area contributed by atoms with Gasteiger partial charge in [-0.1, -0.05) is 62.4 Å². The van der Waals surface area contributed by atoms with Crippen LogP contribution in [0.25, 0.3) is 21.5 Å². The molecule has 0 bridgehead atoms. The number of carbonyl (C=O) groups is 2. The maximum atomic E-state index is 10.9. The minimum atomic E-state index is -1.06. The Morgan fingerprint density at radius 3 is 1.34 bits per heavy atom. The van der Waals surface area contributed by atoms with Gasteiger partial charge in [0.15, 0.2) is 0 Å². The standard InChI is InChI=1S/2C14H14O3.Zn/c2*1-9(14(15)16)12-5-3-4-10-8-11(17-2)6-7-13(10)12;/h2*3-9H,1-2H3,(H,15,16);/q;;+2/p-2. The average molecular weight is 524 g/mol. The minimum Gasteiger partial charge on any atom is -0.550 e. The van der Waals surface area contributed by atoms with E-state index in [4.69, 9.17) is 9.47 Å². The summed E-state index contributed by atoms with van der Waals surface area (Å²) < 4.78 is 10.3. The molecule has 0 aliphatic heterocycles. The summed E-state index contributed by atoms with van der Waals surface area (Å²) >= 11 is 0. The largest absolute Gasteiger partial charge is 2.00 e. The number of carboxylic acids is 2. The third-order valence-corrected chi connectivity index (χ3v) is 5.88. The van der Waals surface area contributed by atoms with E-state index in [1.165, 1.54) is 0 Å². The fraction of sp³-hybridized carbons (Fsp3) is 0.214. The first kappa shape index (κ1) is 27.8. The number of aliphatic carboxylic acids is 2. The number of fused-ring (bicyclic) bond motifs is 2. The molecule has 4 aromatic carbocycles. The van der Waals surface area contributed by atoms with Crippen LogP contribution in [0.15, 0.2) is 72.8 Å². The molecule has 2 atom stereocenters. The Kier molecular flexibility index (Phi) is 9.79. The molecule has 7 heteroatoms. The van der Waals surface area contributed by atoms with Gasteiger partial charge >= 0.3 is 19.5 Å². The van der Waals surface area contributed by atoms with E-state index >= 15 is 0 Å². The number of ether oxygens (including phenoxy) is 2. The summed E-state index contributed by atoms with van der Waals surface area (Å²) in [7, 11) is 3.21. The smallest absolute Gasteiger partial charge is 0.550 e. The predicted octanol–water partition coefficient (Wildman–Crippen LogP) is 3.40. The molecule has 0 aliphatic rings. The van der Waals surface area contributed by atoms with Crippen molar-refractivity contribution in [1.29, 1.82) is 0 Å². The molecule has 0 aliphatic carbocycles. The number of carbonyl (C=O) groups excluding carboxylic acids is 2. The molecule has 0 heterocycles. The van der Waals surface area contributed by atoms with Crippen LogP contribution in [-0.2, 0) is 29.1 Å². The molecule has 0 fully saturated rings. The molecule has 2 unspecified atom stereocenters. The maximum absolute atomic E-state index is 10.9. The minimum absolute atomic E-state index is 0. The van der Waals surface area contributed by atoms with Gasteiger partial charge in [-0.2, -0.15) is 0 Å². The van der Waals surface area contributed by atoms with Crippen LogP contribution in [0.3, 0.4) is 0 Å². The Morgan fingerprint density at radius 1 is 0.657 bits per heavy atom. The van der Waals surface area contributed by atoms with Crippen molar-refractivity contribution in [3.63, 3.8) is 0 Å². The van der Waals surface area contributed by atoms with Crippen molar-refractivity contribution >= 4 is 33.5 Å². The van der Waals surface area contributed by atoms with Gasteiger partial charge in [0.1, 0.15) is 11.5 Å². The Labute approximate surface area is 217 Å². The summed E-state index contributed by atoms with van der Waals surface area (Å²) in [6.45, 7) is 3.27. The van der Waals surface area contributed by atoms with Gasteiger partial charge in [-0.05, 0) is 56.9 Å². The van der Waals surface area contributed by atoms with Crippen LogP contribution in [0.2, 0.25) is 0 Å². The van der Waals surface area contributed by atoms with Gasteiger partial charge < -0.3 is 29.3 Å². The Bertz CT molecular complexity index is 1230. The molecule has 6 nitrogen and oxygen atoms in total. The molecule has 4 rings (SSSR count). The molecule has 0 spiro atoms. The molecular formula is C28H26O6Zn. The summed E-state index contributed by atoms with van der Waals surface area (Å²) in [4.78, 5) is 21.9. The van der Waals surface area contributed by atoms with Gasteiger partial charge in [0.25, 0.3) is 0 Å². The first-order chi connectivity index (χ1) is 16.3. The summed E-state index contributed by atoms with van der Waals surface area (Å²) in [6, 6.07) is 22.4. The Balaban J connectivity index is 0.000000240. The van der Waals surface area contributed by atoms with E-state index in [-0.39, 0.29) is 19.5 Å². The van der Waals surface area contributed by atoms with Gasteiger partial charge in [-0.3, -0.25) is 0 Å². The van der Waals surface area contributed by atoms with Gasteiger partial charge in [-0.15, -0.1) is 0 Å². The van der Waals surface area contributed by atoms with Crippen LogP contribution in [0.5, 0.6) is 11.5 Å². The normalized spacial score (nSPS) is 12.0. The molecular weight excluding hydrogens is 498 g/mol. The SMILES string of the molecule is COc1ccc2c(C(C)C(=O)[O-])cccc2c1.COc1ccc2c(C(C)C(=O)[O-])cccc2c1.[Zn+2]. The van der Waals surface area contributed by atoms with Crippen LogP contribution in [0.4, 0.5) is 0 Å². The average Bonchev–Trinajstić information content (AvgIpc) is 2.86. The summed E-state index contributed by atoms with van der Waals surface area (Å²) in [5, 5.41) is 25.6. The van der Waals surface area contributed by atoms with Crippen molar-refractivity contribution in [2.45, 2.75) is 25.7 Å². The number of carboxylic acid groups (broad SMARTS) is 2. The van der Waals surface area contributed by atoms with Gasteiger partial charge in [0.05, 0.1) is 14.2 Å². The number of benzene rings is 4. The van der Waals surface area contributed by atoms with Crippen molar-refractivity contribution in [3.8, 4) is 11.5 Å². The van der Waals surface area contributed by atoms with Crippen LogP contribution in [0, 0.1) is 0 Å². The molecule has 0 aromatic heterocycles. The zero-order valence-electron chi connectivity index (χ0n) is 20.2. The number of hydrogen-bond donors (Lipinski definition) is 0. The molecule has 0 saturated heterocycles. The summed E-state index contributed by atoms with van der Waals surface area (Å²) in [5.74, 6) is -1.84. The predicted molar refractivity (Wildman–Crippen MR) is 128 cm³/mol. The quantitative estimate of drug-likeness (QED) is 0.359. The van der Waals surface area contributed by atoms with E-state index in [0.29, 0.717) is 0 Å². The van der Waals surface area contributed by atoms with E-state index in [2.05, 4.69) is 0 Å². The molecule has 0 saturated carbocycles. The second-order valence-electron chi connectivity index (χ2n) is 7.95. The van der Waals surface area contributed by atoms with E-state index in [1.54, 1.807) is 28.1 Å². The van der Waals surface area contributed by atoms with Crippen molar-refractivity contribution < 1.29 is 48.8 Å². The maximum Gasteiger partial charge on any atom is 2.00 e. The van der Waals surface area contributed by atoms with Crippen molar-refractivity contribution in [3.05, 3.63) is 83.9 Å². The Hall–Kier alpha value is -3.44. The van der Waals surface area contributed by atoms with E-state index < -0.39 is 23.8 Å². The van der Waals surface area contributed by atoms with Crippen LogP contribution < -0.4 is 19.7 Å². The van der Waals surface area contributed by atoms with Crippen LogP contribution in [-0.4, -0.2) is 26.2 Å². The van der Waals surface area contributed by atoms with Gasteiger partial charge in [0.2, 0.25) is 0 Å². The third-order valence-electron chi connectivity index (χ3n) is 5.88. The number of hydrogen-bond acceptors (Lipinski definition) is 6. The molecule has 0 radical (unpaired) electrons. The fourth-order valence-electron chi connectivity index (χ4n) is 3.84. The molecule has 176 valence electrons. The van der Waals surface area contributed by atoms with Crippen molar-refractivity contribution in [1.82, 2.24) is 0 Å². The third kappa shape index (κ3) is 6.37. The number of rotatable bonds is 6. The van der Waals surface area contributed by atoms with Gasteiger partial charge in [0, 0.05) is 23.8 Å². The topological polar surface area (TPSA) is 98.7 Å². The fourth-order valence-corrected chi connectivity index (χ4v) is 3.84. The van der Waals surface area contributed by atoms with Gasteiger partial charge in [-0.25, -0.2) is 0 Å². The molecule has 4 aromatic rings. The van der Waals surface area contributed by atoms with Crippen molar-refractivity contribution in [2.24, 2.45) is 0 Å². The van der Waals surface area contributed by atoms with E-state index in [9.17, 15) is 19.8 Å². The summed E-state index contributed by atoms with van der Waals surface area (Å²) in [5.41, 5.74) is 1.54. The van der Waals surface area contributed by atoms with E-state index in [1.807, 2.05) is 72.8 Å². The first-order valence-electron chi connectivity index (χ1n) is 10.8. The molecule has 0 N–H and O–H groups in total. The van der Waals surface area contributed by atoms with E-state index in [0.717, 1.165) is 44.2 Å². The monoisotopic (exact) mass is 522 g/mol.